The quantitative estimate of drug-likeness (QED) is 0.395. The van der Waals surface area contributed by atoms with E-state index >= 15 is 0 Å². The molecule has 0 amide bonds. The minimum Gasteiger partial charge on any atom is -0.354 e. The molecule has 0 radical (unpaired) electrons. The lowest BCUT2D eigenvalue weighted by atomic mass is 10.3. The van der Waals surface area contributed by atoms with Crippen molar-refractivity contribution in [2.75, 3.05) is 13.6 Å². The monoisotopic (exact) mass is 304 g/mol. The van der Waals surface area contributed by atoms with Crippen LogP contribution in [0.15, 0.2) is 47.6 Å². The van der Waals surface area contributed by atoms with E-state index in [0.29, 0.717) is 11.0 Å². The van der Waals surface area contributed by atoms with E-state index < -0.39 is 0 Å². The van der Waals surface area contributed by atoms with E-state index in [1.165, 1.54) is 0 Å². The number of aromatic nitrogens is 1. The number of hydrogen-bond acceptors (Lipinski definition) is 1. The van der Waals surface area contributed by atoms with Gasteiger partial charge in [-0.05, 0) is 37.3 Å². The Hall–Kier alpha value is -2.27. The van der Waals surface area contributed by atoms with Gasteiger partial charge in [0.1, 0.15) is 5.69 Å². The first kappa shape index (κ1) is 15.1. The van der Waals surface area contributed by atoms with Gasteiger partial charge in [-0.2, -0.15) is 9.99 Å². The zero-order chi connectivity index (χ0) is 15.2. The van der Waals surface area contributed by atoms with Gasteiger partial charge in [0.25, 0.3) is 0 Å². The second kappa shape index (κ2) is 6.95. The molecule has 21 heavy (non-hydrogen) atoms. The van der Waals surface area contributed by atoms with Crippen molar-refractivity contribution in [1.82, 2.24) is 15.3 Å². The summed E-state index contributed by atoms with van der Waals surface area (Å²) in [4.78, 5) is 4.13. The molecule has 0 aliphatic heterocycles. The molecule has 2 aromatic rings. The van der Waals surface area contributed by atoms with Crippen molar-refractivity contribution in [2.45, 2.75) is 6.92 Å². The van der Waals surface area contributed by atoms with E-state index in [9.17, 15) is 0 Å². The molecule has 0 saturated carbocycles. The summed E-state index contributed by atoms with van der Waals surface area (Å²) < 4.78 is 3.68. The summed E-state index contributed by atoms with van der Waals surface area (Å²) in [6.45, 7) is 6.80. The third-order valence-electron chi connectivity index (χ3n) is 2.92. The number of benzene rings is 1. The summed E-state index contributed by atoms with van der Waals surface area (Å²) in [6.07, 6.45) is 1.97. The molecular weight excluding hydrogens is 286 g/mol. The average molecular weight is 305 g/mol. The van der Waals surface area contributed by atoms with Crippen molar-refractivity contribution >= 4 is 30.1 Å². The minimum atomic E-state index is 0.663. The Morgan fingerprint density at radius 1 is 1.33 bits per heavy atom. The predicted molar refractivity (Wildman–Crippen MR) is 88.0 cm³/mol. The molecule has 0 unspecified atom stereocenters. The highest BCUT2D eigenvalue weighted by Crippen LogP contribution is 2.20. The third-order valence-corrected chi connectivity index (χ3v) is 3.17. The molecule has 0 spiro atoms. The van der Waals surface area contributed by atoms with Gasteiger partial charge < -0.3 is 5.32 Å². The van der Waals surface area contributed by atoms with Crippen molar-refractivity contribution in [3.05, 3.63) is 47.6 Å². The number of rotatable bonds is 4. The zero-order valence-electron chi connectivity index (χ0n) is 12.2. The Morgan fingerprint density at radius 2 is 2.05 bits per heavy atom. The normalized spacial score (nSPS) is 11.3. The highest BCUT2D eigenvalue weighted by atomic mass is 35.5. The summed E-state index contributed by atoms with van der Waals surface area (Å²) in [7, 11) is 1.72. The standard InChI is InChI=1S/C15H19ClN5/c1-4-18-15(17-2)19-20(3)14-6-5-11-21(14)13-9-7-12(16)8-10-13/h5-11H,3-4H2,1-2H3,(H2,17,18,19)/q+1. The number of aliphatic imine (C=N–C) groups is 1. The van der Waals surface area contributed by atoms with Crippen molar-refractivity contribution in [3.8, 4) is 5.69 Å². The Labute approximate surface area is 129 Å². The van der Waals surface area contributed by atoms with Gasteiger partial charge in [-0.25, -0.2) is 0 Å². The molecule has 0 bridgehead atoms. The van der Waals surface area contributed by atoms with E-state index in [2.05, 4.69) is 22.5 Å². The minimum absolute atomic E-state index is 0.663. The SMILES string of the molecule is C=[N+](NC(=NC)NCC)c1cccn1-c1ccc(Cl)cc1. The van der Waals surface area contributed by atoms with Crippen molar-refractivity contribution in [1.29, 1.82) is 0 Å². The molecule has 5 nitrogen and oxygen atoms in total. The summed E-state index contributed by atoms with van der Waals surface area (Å²) in [5.41, 5.74) is 4.11. The topological polar surface area (TPSA) is 44.4 Å². The lowest BCUT2D eigenvalue weighted by Gasteiger charge is -2.10. The number of halogens is 1. The Bertz CT molecular complexity index is 642. The lowest BCUT2D eigenvalue weighted by Crippen LogP contribution is -2.41. The van der Waals surface area contributed by atoms with Gasteiger partial charge in [0.15, 0.2) is 0 Å². The van der Waals surface area contributed by atoms with Gasteiger partial charge >= 0.3 is 5.82 Å². The fraction of sp³-hybridized carbons (Fsp3) is 0.200. The van der Waals surface area contributed by atoms with Crippen LogP contribution in [0.1, 0.15) is 6.92 Å². The molecule has 0 saturated heterocycles. The lowest BCUT2D eigenvalue weighted by molar-refractivity contribution is -0.483. The molecule has 0 atom stereocenters. The van der Waals surface area contributed by atoms with E-state index in [0.717, 1.165) is 18.1 Å². The number of guanidine groups is 1. The van der Waals surface area contributed by atoms with Crippen LogP contribution in [-0.4, -0.2) is 35.5 Å². The van der Waals surface area contributed by atoms with E-state index in [4.69, 9.17) is 11.6 Å². The van der Waals surface area contributed by atoms with Crippen LogP contribution in [-0.2, 0) is 0 Å². The molecule has 2 N–H and O–H groups in total. The number of hydrazine groups is 1. The van der Waals surface area contributed by atoms with Crippen LogP contribution in [0.25, 0.3) is 5.69 Å². The van der Waals surface area contributed by atoms with Crippen molar-refractivity contribution < 1.29 is 4.68 Å². The molecule has 1 aromatic heterocycles. The van der Waals surface area contributed by atoms with Crippen LogP contribution in [0.3, 0.4) is 0 Å². The number of hydrazone groups is 1. The van der Waals surface area contributed by atoms with Crippen molar-refractivity contribution in [3.63, 3.8) is 0 Å². The number of nitrogens with zero attached hydrogens (tertiary/aromatic N) is 3. The zero-order valence-corrected chi connectivity index (χ0v) is 12.9. The molecule has 6 heteroatoms. The molecule has 1 aromatic carbocycles. The summed E-state index contributed by atoms with van der Waals surface area (Å²) in [5, 5.41) is 3.83. The van der Waals surface area contributed by atoms with E-state index in [1.807, 2.05) is 54.1 Å². The van der Waals surface area contributed by atoms with E-state index in [1.54, 1.807) is 11.7 Å². The molecule has 1 heterocycles. The van der Waals surface area contributed by atoms with Gasteiger partial charge in [0.2, 0.25) is 5.96 Å². The Balaban J connectivity index is 2.24. The van der Waals surface area contributed by atoms with Gasteiger partial charge in [-0.15, -0.1) is 4.68 Å². The molecule has 0 aliphatic rings. The van der Waals surface area contributed by atoms with Crippen LogP contribution in [0.4, 0.5) is 5.82 Å². The maximum absolute atomic E-state index is 5.93. The van der Waals surface area contributed by atoms with Crippen LogP contribution in [0, 0.1) is 0 Å². The van der Waals surface area contributed by atoms with Crippen molar-refractivity contribution in [2.24, 2.45) is 4.99 Å². The first-order valence-electron chi connectivity index (χ1n) is 6.67. The van der Waals surface area contributed by atoms with Gasteiger partial charge in [-0.1, -0.05) is 11.6 Å². The van der Waals surface area contributed by atoms with Crippen LogP contribution >= 0.6 is 11.6 Å². The molecule has 0 fully saturated rings. The van der Waals surface area contributed by atoms with Gasteiger partial charge in [-0.3, -0.25) is 4.99 Å². The average Bonchev–Trinajstić information content (AvgIpc) is 2.97. The summed E-state index contributed by atoms with van der Waals surface area (Å²) in [6, 6.07) is 11.6. The fourth-order valence-electron chi connectivity index (χ4n) is 1.93. The highest BCUT2D eigenvalue weighted by Gasteiger charge is 2.15. The van der Waals surface area contributed by atoms with Crippen LogP contribution in [0.5, 0.6) is 0 Å². The maximum Gasteiger partial charge on any atom is 0.309 e. The van der Waals surface area contributed by atoms with Gasteiger partial charge in [0, 0.05) is 24.7 Å². The summed E-state index contributed by atoms with van der Waals surface area (Å²) in [5.74, 6) is 1.55. The first-order valence-corrected chi connectivity index (χ1v) is 7.04. The molecule has 110 valence electrons. The second-order valence-electron chi connectivity index (χ2n) is 4.36. The number of nitrogens with one attached hydrogen (secondary N) is 2. The largest absolute Gasteiger partial charge is 0.354 e. The van der Waals surface area contributed by atoms with Crippen LogP contribution < -0.4 is 10.7 Å². The van der Waals surface area contributed by atoms with Gasteiger partial charge in [0.05, 0.1) is 12.9 Å². The maximum atomic E-state index is 5.93. The summed E-state index contributed by atoms with van der Waals surface area (Å²) >= 11 is 5.93. The first-order chi connectivity index (χ1) is 10.2. The molecular formula is C15H19ClN5+. The Morgan fingerprint density at radius 3 is 2.67 bits per heavy atom. The van der Waals surface area contributed by atoms with E-state index in [-0.39, 0.29) is 0 Å². The Kier molecular flexibility index (Phi) is 5.00. The highest BCUT2D eigenvalue weighted by molar-refractivity contribution is 6.30. The molecule has 0 aliphatic carbocycles. The third kappa shape index (κ3) is 3.64. The fourth-order valence-corrected chi connectivity index (χ4v) is 2.06. The predicted octanol–water partition coefficient (Wildman–Crippen LogP) is 2.58. The van der Waals surface area contributed by atoms with Crippen LogP contribution in [0.2, 0.25) is 5.02 Å². The molecule has 2 rings (SSSR count). The number of hydrogen-bond donors (Lipinski definition) is 2. The smallest absolute Gasteiger partial charge is 0.309 e. The second-order valence-corrected chi connectivity index (χ2v) is 4.79.